The van der Waals surface area contributed by atoms with E-state index in [0.717, 1.165) is 0 Å². The standard InChI is InChI=1S/C10H18N2O4/c1-5(2)11-9(14)7(4)12-8(13)6(3)10(15)16/h5-7H,1-4H3,(H,11,14)(H,12,13)(H,15,16). The Kier molecular flexibility index (Phi) is 5.49. The van der Waals surface area contributed by atoms with Crippen molar-refractivity contribution in [2.24, 2.45) is 5.92 Å². The molecule has 0 rings (SSSR count). The number of nitrogens with one attached hydrogen (secondary N) is 2. The van der Waals surface area contributed by atoms with Crippen LogP contribution in [0.1, 0.15) is 27.7 Å². The Morgan fingerprint density at radius 2 is 1.44 bits per heavy atom. The molecule has 2 amide bonds. The lowest BCUT2D eigenvalue weighted by atomic mass is 10.1. The lowest BCUT2D eigenvalue weighted by molar-refractivity contribution is -0.147. The van der Waals surface area contributed by atoms with E-state index in [1.165, 1.54) is 13.8 Å². The summed E-state index contributed by atoms with van der Waals surface area (Å²) in [6.07, 6.45) is 0. The van der Waals surface area contributed by atoms with Crippen molar-refractivity contribution in [2.75, 3.05) is 0 Å². The summed E-state index contributed by atoms with van der Waals surface area (Å²) in [5.74, 6) is -3.37. The van der Waals surface area contributed by atoms with Gasteiger partial charge < -0.3 is 15.7 Å². The van der Waals surface area contributed by atoms with E-state index in [2.05, 4.69) is 10.6 Å². The lowest BCUT2D eigenvalue weighted by Crippen LogP contribution is -2.48. The van der Waals surface area contributed by atoms with Gasteiger partial charge in [-0.15, -0.1) is 0 Å². The molecule has 0 radical (unpaired) electrons. The van der Waals surface area contributed by atoms with Gasteiger partial charge in [0.05, 0.1) is 0 Å². The fourth-order valence-corrected chi connectivity index (χ4v) is 0.926. The van der Waals surface area contributed by atoms with Gasteiger partial charge in [-0.2, -0.15) is 0 Å². The molecule has 0 aliphatic heterocycles. The third-order valence-electron chi connectivity index (χ3n) is 1.95. The Labute approximate surface area is 94.4 Å². The van der Waals surface area contributed by atoms with Gasteiger partial charge in [0.2, 0.25) is 11.8 Å². The Balaban J connectivity index is 4.24. The Morgan fingerprint density at radius 3 is 1.81 bits per heavy atom. The summed E-state index contributed by atoms with van der Waals surface area (Å²) in [4.78, 5) is 33.2. The molecule has 2 atom stereocenters. The third kappa shape index (κ3) is 4.77. The van der Waals surface area contributed by atoms with E-state index < -0.39 is 23.8 Å². The van der Waals surface area contributed by atoms with Gasteiger partial charge in [0.1, 0.15) is 12.0 Å². The smallest absolute Gasteiger partial charge is 0.315 e. The van der Waals surface area contributed by atoms with Gasteiger partial charge in [0.15, 0.2) is 0 Å². The molecule has 0 spiro atoms. The maximum Gasteiger partial charge on any atom is 0.315 e. The quantitative estimate of drug-likeness (QED) is 0.567. The van der Waals surface area contributed by atoms with E-state index in [1.54, 1.807) is 13.8 Å². The molecule has 6 heteroatoms. The van der Waals surface area contributed by atoms with Crippen molar-refractivity contribution >= 4 is 17.8 Å². The molecule has 0 aliphatic rings. The molecule has 0 aromatic heterocycles. The fourth-order valence-electron chi connectivity index (χ4n) is 0.926. The van der Waals surface area contributed by atoms with Crippen LogP contribution in [-0.4, -0.2) is 35.0 Å². The van der Waals surface area contributed by atoms with Gasteiger partial charge in [-0.1, -0.05) is 0 Å². The summed E-state index contributed by atoms with van der Waals surface area (Å²) >= 11 is 0. The molecule has 2 unspecified atom stereocenters. The molecular weight excluding hydrogens is 212 g/mol. The molecule has 3 N–H and O–H groups in total. The normalized spacial score (nSPS) is 14.1. The average molecular weight is 230 g/mol. The first-order valence-electron chi connectivity index (χ1n) is 5.09. The second kappa shape index (κ2) is 6.09. The van der Waals surface area contributed by atoms with Crippen molar-refractivity contribution in [2.45, 2.75) is 39.8 Å². The first-order chi connectivity index (χ1) is 7.25. The Hall–Kier alpha value is -1.59. The zero-order valence-electron chi connectivity index (χ0n) is 9.90. The monoisotopic (exact) mass is 230 g/mol. The molecule has 16 heavy (non-hydrogen) atoms. The van der Waals surface area contributed by atoms with Crippen LogP contribution < -0.4 is 10.6 Å². The molecule has 0 saturated heterocycles. The van der Waals surface area contributed by atoms with Crippen molar-refractivity contribution in [1.82, 2.24) is 10.6 Å². The number of rotatable bonds is 5. The highest BCUT2D eigenvalue weighted by Crippen LogP contribution is 1.96. The summed E-state index contributed by atoms with van der Waals surface area (Å²) in [5, 5.41) is 13.5. The van der Waals surface area contributed by atoms with Gasteiger partial charge >= 0.3 is 5.97 Å². The molecule has 0 aliphatic carbocycles. The number of hydrogen-bond donors (Lipinski definition) is 3. The first kappa shape index (κ1) is 14.4. The number of aliphatic carboxylic acids is 1. The van der Waals surface area contributed by atoms with Crippen LogP contribution in [0.15, 0.2) is 0 Å². The van der Waals surface area contributed by atoms with Crippen LogP contribution in [0.3, 0.4) is 0 Å². The SMILES string of the molecule is CC(C)NC(=O)C(C)NC(=O)C(C)C(=O)O. The van der Waals surface area contributed by atoms with Crippen LogP contribution in [0.25, 0.3) is 0 Å². The second-order valence-electron chi connectivity index (χ2n) is 3.95. The van der Waals surface area contributed by atoms with Gasteiger partial charge in [-0.3, -0.25) is 14.4 Å². The van der Waals surface area contributed by atoms with Crippen molar-refractivity contribution in [1.29, 1.82) is 0 Å². The summed E-state index contributed by atoms with van der Waals surface area (Å²) in [5.41, 5.74) is 0. The van der Waals surface area contributed by atoms with Gasteiger partial charge in [0, 0.05) is 6.04 Å². The zero-order chi connectivity index (χ0) is 12.9. The molecule has 6 nitrogen and oxygen atoms in total. The summed E-state index contributed by atoms with van der Waals surface area (Å²) in [7, 11) is 0. The lowest BCUT2D eigenvalue weighted by Gasteiger charge is -2.17. The van der Waals surface area contributed by atoms with Gasteiger partial charge in [-0.05, 0) is 27.7 Å². The molecule has 0 aromatic carbocycles. The molecule has 0 bridgehead atoms. The average Bonchev–Trinajstić information content (AvgIpc) is 2.14. The van der Waals surface area contributed by atoms with Crippen LogP contribution >= 0.6 is 0 Å². The van der Waals surface area contributed by atoms with Gasteiger partial charge in [-0.25, -0.2) is 0 Å². The van der Waals surface area contributed by atoms with Crippen LogP contribution in [0.4, 0.5) is 0 Å². The minimum absolute atomic E-state index is 0.0243. The summed E-state index contributed by atoms with van der Waals surface area (Å²) in [6, 6.07) is -0.763. The largest absolute Gasteiger partial charge is 0.481 e. The van der Waals surface area contributed by atoms with E-state index >= 15 is 0 Å². The predicted octanol–water partition coefficient (Wildman–Crippen LogP) is -0.264. The third-order valence-corrected chi connectivity index (χ3v) is 1.95. The van der Waals surface area contributed by atoms with Crippen LogP contribution in [0, 0.1) is 5.92 Å². The molecule has 0 fully saturated rings. The van der Waals surface area contributed by atoms with Crippen molar-refractivity contribution in [3.63, 3.8) is 0 Å². The number of carboxylic acid groups (broad SMARTS) is 1. The van der Waals surface area contributed by atoms with E-state index in [4.69, 9.17) is 5.11 Å². The van der Waals surface area contributed by atoms with E-state index in [1.807, 2.05) is 0 Å². The highest BCUT2D eigenvalue weighted by Gasteiger charge is 2.24. The van der Waals surface area contributed by atoms with E-state index in [-0.39, 0.29) is 11.9 Å². The van der Waals surface area contributed by atoms with Gasteiger partial charge in [0.25, 0.3) is 0 Å². The van der Waals surface area contributed by atoms with Crippen LogP contribution in [0.2, 0.25) is 0 Å². The minimum Gasteiger partial charge on any atom is -0.481 e. The fraction of sp³-hybridized carbons (Fsp3) is 0.700. The Bertz CT molecular complexity index is 289. The maximum atomic E-state index is 11.4. The van der Waals surface area contributed by atoms with E-state index in [9.17, 15) is 14.4 Å². The zero-order valence-corrected chi connectivity index (χ0v) is 9.90. The number of carboxylic acids is 1. The molecule has 0 heterocycles. The highest BCUT2D eigenvalue weighted by atomic mass is 16.4. The number of carbonyl (C=O) groups is 3. The predicted molar refractivity (Wildman–Crippen MR) is 57.7 cm³/mol. The summed E-state index contributed by atoms with van der Waals surface area (Å²) < 4.78 is 0. The van der Waals surface area contributed by atoms with Crippen molar-refractivity contribution in [3.05, 3.63) is 0 Å². The molecule has 92 valence electrons. The number of hydrogen-bond acceptors (Lipinski definition) is 3. The minimum atomic E-state index is -1.21. The molecular formula is C10H18N2O4. The van der Waals surface area contributed by atoms with Crippen LogP contribution in [-0.2, 0) is 14.4 Å². The van der Waals surface area contributed by atoms with E-state index in [0.29, 0.717) is 0 Å². The van der Waals surface area contributed by atoms with Crippen molar-refractivity contribution in [3.8, 4) is 0 Å². The van der Waals surface area contributed by atoms with Crippen molar-refractivity contribution < 1.29 is 19.5 Å². The van der Waals surface area contributed by atoms with Crippen LogP contribution in [0.5, 0.6) is 0 Å². The number of carbonyl (C=O) groups excluding carboxylic acids is 2. The molecule has 0 aromatic rings. The topological polar surface area (TPSA) is 95.5 Å². The number of amides is 2. The second-order valence-corrected chi connectivity index (χ2v) is 3.95. The molecule has 0 saturated carbocycles. The Morgan fingerprint density at radius 1 is 0.938 bits per heavy atom. The maximum absolute atomic E-state index is 11.4. The first-order valence-corrected chi connectivity index (χ1v) is 5.09. The highest BCUT2D eigenvalue weighted by molar-refractivity contribution is 5.98. The summed E-state index contributed by atoms with van der Waals surface area (Å²) in [6.45, 7) is 6.37.